The van der Waals surface area contributed by atoms with Crippen molar-refractivity contribution in [3.05, 3.63) is 45.9 Å². The maximum absolute atomic E-state index is 14.4. The third-order valence-electron chi connectivity index (χ3n) is 8.19. The first-order valence-electron chi connectivity index (χ1n) is 14.4. The molecule has 1 N–H and O–H groups in total. The molecule has 0 bridgehead atoms. The van der Waals surface area contributed by atoms with Crippen LogP contribution < -0.4 is 20.7 Å². The molecule has 2 aliphatic heterocycles. The van der Waals surface area contributed by atoms with Gasteiger partial charge in [-0.2, -0.15) is 33.2 Å². The van der Waals surface area contributed by atoms with Crippen LogP contribution >= 0.6 is 0 Å². The number of alkyl halides is 3. The third-order valence-corrected chi connectivity index (χ3v) is 8.19. The molecule has 1 unspecified atom stereocenters. The Hall–Kier alpha value is -3.76. The molecule has 0 radical (unpaired) electrons. The minimum atomic E-state index is -4.69. The number of anilines is 2. The fourth-order valence-corrected chi connectivity index (χ4v) is 5.93. The minimum Gasteiger partial charge on any atom is -0.353 e. The van der Waals surface area contributed by atoms with Crippen molar-refractivity contribution in [3.8, 4) is 11.8 Å². The highest BCUT2D eigenvalue weighted by Gasteiger charge is 2.38. The maximum atomic E-state index is 14.4. The second kappa shape index (κ2) is 11.9. The van der Waals surface area contributed by atoms with E-state index in [1.54, 1.807) is 13.8 Å². The molecular formula is C29H36F3N9O. The topological polar surface area (TPSA) is 106 Å². The molecule has 2 fully saturated rings. The van der Waals surface area contributed by atoms with Gasteiger partial charge in [-0.3, -0.25) is 9.69 Å². The summed E-state index contributed by atoms with van der Waals surface area (Å²) in [6.45, 7) is 12.4. The SMILES string of the molecule is CCN(CC)C1CN(c2nc(N3CCNC(CC#N)C3)c3cnn(-c4cccc(C(C)C)c4C(F)(F)F)c(=O)c3n2)C1. The van der Waals surface area contributed by atoms with Gasteiger partial charge in [0.15, 0.2) is 0 Å². The average molecular weight is 584 g/mol. The van der Waals surface area contributed by atoms with E-state index >= 15 is 0 Å². The Morgan fingerprint density at radius 2 is 1.88 bits per heavy atom. The Kier molecular flexibility index (Phi) is 8.39. The van der Waals surface area contributed by atoms with Crippen molar-refractivity contribution in [2.75, 3.05) is 55.6 Å². The van der Waals surface area contributed by atoms with Crippen LogP contribution in [0.25, 0.3) is 16.6 Å². The Balaban J connectivity index is 1.66. The highest BCUT2D eigenvalue weighted by Crippen LogP contribution is 2.39. The number of nitrogens with zero attached hydrogens (tertiary/aromatic N) is 8. The van der Waals surface area contributed by atoms with Gasteiger partial charge in [0.1, 0.15) is 11.3 Å². The molecule has 3 aromatic rings. The van der Waals surface area contributed by atoms with Crippen LogP contribution in [-0.4, -0.2) is 82.5 Å². The van der Waals surface area contributed by atoms with E-state index in [1.165, 1.54) is 24.4 Å². The van der Waals surface area contributed by atoms with Gasteiger partial charge in [0.05, 0.1) is 35.3 Å². The number of benzene rings is 1. The molecule has 224 valence electrons. The monoisotopic (exact) mass is 583 g/mol. The van der Waals surface area contributed by atoms with Gasteiger partial charge in [0.2, 0.25) is 5.95 Å². The second-order valence-corrected chi connectivity index (χ2v) is 11.1. The largest absolute Gasteiger partial charge is 0.418 e. The first kappa shape index (κ1) is 29.7. The lowest BCUT2D eigenvalue weighted by Crippen LogP contribution is -2.60. The summed E-state index contributed by atoms with van der Waals surface area (Å²) in [6, 6.07) is 6.64. The molecule has 0 aliphatic carbocycles. The van der Waals surface area contributed by atoms with Crippen LogP contribution in [-0.2, 0) is 6.18 Å². The first-order valence-corrected chi connectivity index (χ1v) is 14.4. The summed E-state index contributed by atoms with van der Waals surface area (Å²) in [5.74, 6) is 0.435. The van der Waals surface area contributed by atoms with Gasteiger partial charge in [0.25, 0.3) is 5.56 Å². The van der Waals surface area contributed by atoms with Crippen LogP contribution in [0.2, 0.25) is 0 Å². The normalized spacial score (nSPS) is 18.1. The van der Waals surface area contributed by atoms with E-state index in [0.717, 1.165) is 17.8 Å². The molecule has 0 saturated carbocycles. The van der Waals surface area contributed by atoms with Crippen molar-refractivity contribution in [2.45, 2.75) is 58.3 Å². The number of nitrogens with one attached hydrogen (secondary N) is 1. The lowest BCUT2D eigenvalue weighted by atomic mass is 9.95. The molecule has 1 aromatic carbocycles. The van der Waals surface area contributed by atoms with E-state index in [-0.39, 0.29) is 22.8 Å². The molecule has 42 heavy (non-hydrogen) atoms. The van der Waals surface area contributed by atoms with Crippen LogP contribution in [0.1, 0.15) is 51.2 Å². The lowest BCUT2D eigenvalue weighted by molar-refractivity contribution is -0.138. The Labute approximate surface area is 242 Å². The van der Waals surface area contributed by atoms with Crippen molar-refractivity contribution < 1.29 is 13.2 Å². The van der Waals surface area contributed by atoms with Gasteiger partial charge in [0, 0.05) is 44.8 Å². The summed E-state index contributed by atoms with van der Waals surface area (Å²) in [6.07, 6.45) is -3.00. The maximum Gasteiger partial charge on any atom is 0.418 e. The zero-order valence-corrected chi connectivity index (χ0v) is 24.3. The summed E-state index contributed by atoms with van der Waals surface area (Å²) in [5.41, 5.74) is -1.85. The van der Waals surface area contributed by atoms with E-state index in [4.69, 9.17) is 4.98 Å². The number of halogens is 3. The summed E-state index contributed by atoms with van der Waals surface area (Å²) in [5, 5.41) is 17.2. The van der Waals surface area contributed by atoms with E-state index in [0.29, 0.717) is 62.3 Å². The number of nitriles is 1. The highest BCUT2D eigenvalue weighted by molar-refractivity contribution is 5.89. The summed E-state index contributed by atoms with van der Waals surface area (Å²) >= 11 is 0. The summed E-state index contributed by atoms with van der Waals surface area (Å²) in [4.78, 5) is 29.8. The van der Waals surface area contributed by atoms with Crippen LogP contribution in [0.4, 0.5) is 24.9 Å². The van der Waals surface area contributed by atoms with E-state index < -0.39 is 23.2 Å². The number of aromatic nitrogens is 4. The number of fused-ring (bicyclic) bond motifs is 1. The van der Waals surface area contributed by atoms with Crippen LogP contribution in [0.15, 0.2) is 29.2 Å². The molecule has 13 heteroatoms. The van der Waals surface area contributed by atoms with Crippen LogP contribution in [0, 0.1) is 11.3 Å². The lowest BCUT2D eigenvalue weighted by Gasteiger charge is -2.45. The molecule has 2 aliphatic rings. The Morgan fingerprint density at radius 1 is 1.14 bits per heavy atom. The fourth-order valence-electron chi connectivity index (χ4n) is 5.93. The predicted molar refractivity (Wildman–Crippen MR) is 155 cm³/mol. The van der Waals surface area contributed by atoms with Crippen molar-refractivity contribution in [1.82, 2.24) is 30.0 Å². The second-order valence-electron chi connectivity index (χ2n) is 11.1. The van der Waals surface area contributed by atoms with Gasteiger partial charge in [-0.1, -0.05) is 39.8 Å². The quantitative estimate of drug-likeness (QED) is 0.426. The fraction of sp³-hybridized carbons (Fsp3) is 0.552. The zero-order valence-electron chi connectivity index (χ0n) is 24.3. The van der Waals surface area contributed by atoms with Crippen molar-refractivity contribution in [3.63, 3.8) is 0 Å². The van der Waals surface area contributed by atoms with Gasteiger partial charge < -0.3 is 15.1 Å². The van der Waals surface area contributed by atoms with Gasteiger partial charge in [-0.25, -0.2) is 4.98 Å². The molecular weight excluding hydrogens is 547 g/mol. The predicted octanol–water partition coefficient (Wildman–Crippen LogP) is 3.54. The summed E-state index contributed by atoms with van der Waals surface area (Å²) in [7, 11) is 0. The van der Waals surface area contributed by atoms with Gasteiger partial charge in [-0.15, -0.1) is 0 Å². The number of piperazine rings is 1. The molecule has 2 aromatic heterocycles. The molecule has 0 spiro atoms. The third kappa shape index (κ3) is 5.53. The zero-order chi connectivity index (χ0) is 30.2. The van der Waals surface area contributed by atoms with Crippen molar-refractivity contribution >= 4 is 22.7 Å². The molecule has 1 atom stereocenters. The van der Waals surface area contributed by atoms with E-state index in [2.05, 4.69) is 40.2 Å². The molecule has 4 heterocycles. The van der Waals surface area contributed by atoms with Crippen LogP contribution in [0.5, 0.6) is 0 Å². The Morgan fingerprint density at radius 3 is 2.52 bits per heavy atom. The highest BCUT2D eigenvalue weighted by atomic mass is 19.4. The van der Waals surface area contributed by atoms with Crippen LogP contribution in [0.3, 0.4) is 0 Å². The first-order chi connectivity index (χ1) is 20.1. The minimum absolute atomic E-state index is 0.00901. The number of hydrogen-bond donors (Lipinski definition) is 1. The van der Waals surface area contributed by atoms with E-state index in [1.807, 2.05) is 9.80 Å². The molecule has 0 amide bonds. The number of rotatable bonds is 8. The van der Waals surface area contributed by atoms with E-state index in [9.17, 15) is 23.2 Å². The van der Waals surface area contributed by atoms with Crippen molar-refractivity contribution in [1.29, 1.82) is 5.26 Å². The molecule has 2 saturated heterocycles. The van der Waals surface area contributed by atoms with Crippen molar-refractivity contribution in [2.24, 2.45) is 0 Å². The average Bonchev–Trinajstić information content (AvgIpc) is 2.94. The van der Waals surface area contributed by atoms with Gasteiger partial charge >= 0.3 is 6.18 Å². The Bertz CT molecular complexity index is 1540. The molecule has 10 nitrogen and oxygen atoms in total. The van der Waals surface area contributed by atoms with Gasteiger partial charge in [-0.05, 0) is 30.6 Å². The summed E-state index contributed by atoms with van der Waals surface area (Å²) < 4.78 is 43.9. The number of hydrogen-bond acceptors (Lipinski definition) is 9. The standard InChI is InChI=1S/C29H36F3N9O/c1-5-38(6-2)20-16-40(17-20)28-36-25-22(26(37-28)39-13-12-34-19(15-39)10-11-33)14-35-41(27(25)42)23-9-7-8-21(18(3)4)24(23)29(30,31)32/h7-9,14,18-20,34H,5-6,10,12-13,15-17H2,1-4H3. The molecule has 5 rings (SSSR count). The number of likely N-dealkylation sites (N-methyl/N-ethyl adjacent to an activating group) is 1. The smallest absolute Gasteiger partial charge is 0.353 e.